The molecular formula is C24H21F5N4O3. The van der Waals surface area contributed by atoms with Crippen molar-refractivity contribution in [1.82, 2.24) is 14.5 Å². The minimum atomic E-state index is -4.74. The molecule has 2 aliphatic rings. The van der Waals surface area contributed by atoms with Gasteiger partial charge in [0.1, 0.15) is 23.9 Å². The zero-order valence-corrected chi connectivity index (χ0v) is 19.1. The molecule has 4 heterocycles. The van der Waals surface area contributed by atoms with Crippen molar-refractivity contribution in [3.8, 4) is 17.4 Å². The van der Waals surface area contributed by atoms with Crippen molar-refractivity contribution in [3.63, 3.8) is 0 Å². The molecule has 2 aliphatic heterocycles. The molecule has 0 spiro atoms. The average Bonchev–Trinajstić information content (AvgIpc) is 3.13. The molecular weight excluding hydrogens is 487 g/mol. The first-order valence-corrected chi connectivity index (χ1v) is 11.2. The predicted octanol–water partition coefficient (Wildman–Crippen LogP) is 5.07. The fourth-order valence-electron chi connectivity index (χ4n) is 4.69. The Bertz CT molecular complexity index is 1350. The van der Waals surface area contributed by atoms with Crippen LogP contribution in [0.4, 0.5) is 27.8 Å². The van der Waals surface area contributed by atoms with Gasteiger partial charge in [0, 0.05) is 24.9 Å². The van der Waals surface area contributed by atoms with Gasteiger partial charge < -0.3 is 14.4 Å². The molecule has 0 radical (unpaired) electrons. The molecule has 0 bridgehead atoms. The lowest BCUT2D eigenvalue weighted by molar-refractivity contribution is -0.141. The molecule has 190 valence electrons. The van der Waals surface area contributed by atoms with Crippen LogP contribution in [0, 0.1) is 11.6 Å². The van der Waals surface area contributed by atoms with E-state index in [-0.39, 0.29) is 23.6 Å². The molecule has 0 amide bonds. The number of aromatic nitrogens is 3. The lowest BCUT2D eigenvalue weighted by Crippen LogP contribution is -2.47. The largest absolute Gasteiger partial charge is 0.473 e. The Hall–Kier alpha value is -3.70. The van der Waals surface area contributed by atoms with Crippen molar-refractivity contribution in [2.45, 2.75) is 51.1 Å². The van der Waals surface area contributed by atoms with Gasteiger partial charge in [0.25, 0.3) is 0 Å². The molecule has 2 aromatic heterocycles. The molecule has 1 unspecified atom stereocenters. The molecule has 0 saturated carbocycles. The monoisotopic (exact) mass is 508 g/mol. The Morgan fingerprint density at radius 2 is 1.86 bits per heavy atom. The van der Waals surface area contributed by atoms with Crippen LogP contribution in [0.3, 0.4) is 0 Å². The summed E-state index contributed by atoms with van der Waals surface area (Å²) in [5.41, 5.74) is -1.81. The summed E-state index contributed by atoms with van der Waals surface area (Å²) in [6.07, 6.45) is -0.873. The summed E-state index contributed by atoms with van der Waals surface area (Å²) in [7, 11) is 0. The normalized spacial score (nSPS) is 19.1. The molecule has 1 saturated heterocycles. The number of anilines is 1. The molecule has 0 aliphatic carbocycles. The third-order valence-electron chi connectivity index (χ3n) is 6.43. The number of hydrogen-bond acceptors (Lipinski definition) is 6. The van der Waals surface area contributed by atoms with Crippen LogP contribution in [0.5, 0.6) is 17.4 Å². The summed E-state index contributed by atoms with van der Waals surface area (Å²) in [5.74, 6) is -2.83. The van der Waals surface area contributed by atoms with E-state index in [1.807, 2.05) is 0 Å². The Kier molecular flexibility index (Phi) is 5.84. The van der Waals surface area contributed by atoms with Crippen molar-refractivity contribution < 1.29 is 31.4 Å². The van der Waals surface area contributed by atoms with Crippen LogP contribution in [0.1, 0.15) is 37.4 Å². The summed E-state index contributed by atoms with van der Waals surface area (Å²) in [6.45, 7) is 3.15. The maximum absolute atomic E-state index is 14.6. The van der Waals surface area contributed by atoms with Gasteiger partial charge in [-0.15, -0.1) is 0 Å². The lowest BCUT2D eigenvalue weighted by Gasteiger charge is -2.40. The first-order valence-electron chi connectivity index (χ1n) is 11.2. The van der Waals surface area contributed by atoms with E-state index in [1.165, 1.54) is 0 Å². The molecule has 1 atom stereocenters. The van der Waals surface area contributed by atoms with Gasteiger partial charge in [0.2, 0.25) is 5.88 Å². The standard InChI is InChI=1S/C24H21F5N4O3/c1-23-5-2-3-7-33(23)20-11-19(31-22(34)32(20)13-23)35-12-14-8-16(25)21(17(26)9-14)36-15-4-6-30-18(10-15)24(27,28)29/h4,6,8-11H,2-3,5,7,12-13H2,1H3. The highest BCUT2D eigenvalue weighted by molar-refractivity contribution is 5.50. The number of ether oxygens (including phenoxy) is 2. The summed E-state index contributed by atoms with van der Waals surface area (Å²) >= 11 is 0. The highest BCUT2D eigenvalue weighted by Crippen LogP contribution is 2.40. The number of alkyl halides is 3. The van der Waals surface area contributed by atoms with Crippen LogP contribution in [-0.2, 0) is 19.3 Å². The molecule has 5 rings (SSSR count). The van der Waals surface area contributed by atoms with Crippen LogP contribution in [0.15, 0.2) is 41.3 Å². The zero-order chi connectivity index (χ0) is 25.7. The minimum Gasteiger partial charge on any atom is -0.473 e. The highest BCUT2D eigenvalue weighted by Gasteiger charge is 2.42. The Labute approximate surface area is 202 Å². The van der Waals surface area contributed by atoms with Crippen molar-refractivity contribution in [3.05, 3.63) is 69.9 Å². The fraction of sp³-hybridized carbons (Fsp3) is 0.375. The van der Waals surface area contributed by atoms with E-state index in [0.717, 1.165) is 50.2 Å². The van der Waals surface area contributed by atoms with Gasteiger partial charge in [-0.3, -0.25) is 9.55 Å². The minimum absolute atomic E-state index is 0.0266. The van der Waals surface area contributed by atoms with Crippen LogP contribution >= 0.6 is 0 Å². The number of nitrogens with zero attached hydrogens (tertiary/aromatic N) is 4. The SMILES string of the molecule is CC12CCCCN1c1cc(OCc3cc(F)c(Oc4ccnc(C(F)(F)F)c4)c(F)c3)nc(=O)n1C2. The van der Waals surface area contributed by atoms with Crippen LogP contribution in [0.25, 0.3) is 0 Å². The molecule has 1 aromatic carbocycles. The van der Waals surface area contributed by atoms with Gasteiger partial charge in [0.15, 0.2) is 17.4 Å². The van der Waals surface area contributed by atoms with E-state index in [4.69, 9.17) is 9.47 Å². The Morgan fingerprint density at radius 3 is 2.58 bits per heavy atom. The van der Waals surface area contributed by atoms with Crippen molar-refractivity contribution in [2.24, 2.45) is 0 Å². The van der Waals surface area contributed by atoms with Gasteiger partial charge in [0.05, 0.1) is 12.1 Å². The van der Waals surface area contributed by atoms with Crippen molar-refractivity contribution >= 4 is 5.82 Å². The number of fused-ring (bicyclic) bond motifs is 3. The second kappa shape index (κ2) is 8.75. The number of halogens is 5. The number of benzene rings is 1. The number of piperidine rings is 1. The van der Waals surface area contributed by atoms with Crippen molar-refractivity contribution in [2.75, 3.05) is 11.4 Å². The maximum atomic E-state index is 14.6. The molecule has 7 nitrogen and oxygen atoms in total. The molecule has 1 fully saturated rings. The Morgan fingerprint density at radius 1 is 1.11 bits per heavy atom. The molecule has 36 heavy (non-hydrogen) atoms. The van der Waals surface area contributed by atoms with Crippen LogP contribution in [-0.4, -0.2) is 26.6 Å². The van der Waals surface area contributed by atoms with E-state index >= 15 is 0 Å². The second-order valence-corrected chi connectivity index (χ2v) is 9.08. The van der Waals surface area contributed by atoms with E-state index in [1.54, 1.807) is 10.6 Å². The van der Waals surface area contributed by atoms with Gasteiger partial charge in [-0.1, -0.05) is 0 Å². The first-order chi connectivity index (χ1) is 17.0. The topological polar surface area (TPSA) is 69.5 Å². The lowest BCUT2D eigenvalue weighted by atomic mass is 9.90. The smallest absolute Gasteiger partial charge is 0.433 e. The quantitative estimate of drug-likeness (QED) is 0.449. The average molecular weight is 508 g/mol. The third-order valence-corrected chi connectivity index (χ3v) is 6.43. The van der Waals surface area contributed by atoms with Crippen LogP contribution in [0.2, 0.25) is 0 Å². The number of hydrogen-bond donors (Lipinski definition) is 0. The summed E-state index contributed by atoms with van der Waals surface area (Å²) in [5, 5.41) is 0. The van der Waals surface area contributed by atoms with Gasteiger partial charge in [-0.05, 0) is 49.9 Å². The fourth-order valence-corrected chi connectivity index (χ4v) is 4.69. The predicted molar refractivity (Wildman–Crippen MR) is 118 cm³/mol. The highest BCUT2D eigenvalue weighted by atomic mass is 19.4. The number of pyridine rings is 1. The third kappa shape index (κ3) is 4.47. The molecule has 0 N–H and O–H groups in total. The van der Waals surface area contributed by atoms with E-state index in [2.05, 4.69) is 21.8 Å². The first kappa shape index (κ1) is 24.0. The zero-order valence-electron chi connectivity index (χ0n) is 19.1. The van der Waals surface area contributed by atoms with E-state index < -0.39 is 40.7 Å². The van der Waals surface area contributed by atoms with E-state index in [9.17, 15) is 26.7 Å². The Balaban J connectivity index is 1.33. The maximum Gasteiger partial charge on any atom is 0.433 e. The number of rotatable bonds is 5. The second-order valence-electron chi connectivity index (χ2n) is 9.08. The van der Waals surface area contributed by atoms with Gasteiger partial charge in [-0.2, -0.15) is 18.2 Å². The molecule has 3 aromatic rings. The summed E-state index contributed by atoms with van der Waals surface area (Å²) < 4.78 is 79.9. The van der Waals surface area contributed by atoms with Crippen LogP contribution < -0.4 is 20.1 Å². The summed E-state index contributed by atoms with van der Waals surface area (Å²) in [4.78, 5) is 21.9. The summed E-state index contributed by atoms with van der Waals surface area (Å²) in [6, 6.07) is 5.11. The molecule has 12 heteroatoms. The van der Waals surface area contributed by atoms with E-state index in [0.29, 0.717) is 18.4 Å². The van der Waals surface area contributed by atoms with Gasteiger partial charge >= 0.3 is 11.9 Å². The van der Waals surface area contributed by atoms with Gasteiger partial charge in [-0.25, -0.2) is 13.6 Å². The van der Waals surface area contributed by atoms with Crippen molar-refractivity contribution in [1.29, 1.82) is 0 Å².